The second-order valence-corrected chi connectivity index (χ2v) is 8.57. The topological polar surface area (TPSA) is 192 Å². The molecule has 14 heteroatoms. The van der Waals surface area contributed by atoms with Crippen molar-refractivity contribution in [1.82, 2.24) is 24.5 Å². The number of carboxylic acids is 1. The fourth-order valence-corrected chi connectivity index (χ4v) is 4.35. The number of oxazole rings is 1. The number of carboxylic acid groups (broad SMARTS) is 1. The van der Waals surface area contributed by atoms with E-state index in [2.05, 4.69) is 19.9 Å². The molecule has 4 aromatic rings. The molecule has 0 saturated carbocycles. The Labute approximate surface area is 208 Å². The highest BCUT2D eigenvalue weighted by molar-refractivity contribution is 6.28. The predicted octanol–water partition coefficient (Wildman–Crippen LogP) is 0.908. The molecule has 0 radical (unpaired) electrons. The van der Waals surface area contributed by atoms with Crippen molar-refractivity contribution in [2.45, 2.75) is 36.6 Å². The first-order valence-corrected chi connectivity index (χ1v) is 11.1. The maximum Gasteiger partial charge on any atom is 0.342 e. The summed E-state index contributed by atoms with van der Waals surface area (Å²) in [4.78, 5) is 28.6. The molecule has 0 spiro atoms. The SMILES string of the molecule is Nc1nc(Cl)nc2c1ncn2[C@@H]1O[C@H](CO[C@@](Cc2ccccc2)(C(=O)O)c2cocn2)[C@@H](O)[C@H]1O. The van der Waals surface area contributed by atoms with E-state index in [9.17, 15) is 20.1 Å². The molecule has 36 heavy (non-hydrogen) atoms. The zero-order valence-corrected chi connectivity index (χ0v) is 19.3. The predicted molar refractivity (Wildman–Crippen MR) is 123 cm³/mol. The Kier molecular flexibility index (Phi) is 6.32. The maximum absolute atomic E-state index is 12.5. The molecule has 0 amide bonds. The monoisotopic (exact) mass is 516 g/mol. The number of fused-ring (bicyclic) bond motifs is 1. The van der Waals surface area contributed by atoms with Crippen LogP contribution in [0.2, 0.25) is 5.28 Å². The van der Waals surface area contributed by atoms with E-state index >= 15 is 0 Å². The number of halogens is 1. The number of anilines is 1. The molecule has 1 aromatic carbocycles. The van der Waals surface area contributed by atoms with Gasteiger partial charge in [-0.15, -0.1) is 0 Å². The summed E-state index contributed by atoms with van der Waals surface area (Å²) >= 11 is 5.91. The molecule has 13 nitrogen and oxygen atoms in total. The van der Waals surface area contributed by atoms with Crippen molar-refractivity contribution < 1.29 is 34.0 Å². The van der Waals surface area contributed by atoms with Crippen LogP contribution >= 0.6 is 11.6 Å². The number of rotatable bonds is 8. The molecule has 4 heterocycles. The second-order valence-electron chi connectivity index (χ2n) is 8.23. The number of hydrogen-bond donors (Lipinski definition) is 4. The van der Waals surface area contributed by atoms with Crippen LogP contribution in [0.15, 0.2) is 53.7 Å². The summed E-state index contributed by atoms with van der Waals surface area (Å²) in [6.45, 7) is -0.398. The van der Waals surface area contributed by atoms with E-state index in [0.717, 1.165) is 6.39 Å². The molecular formula is C22H21ClN6O7. The van der Waals surface area contributed by atoms with Gasteiger partial charge in [0.1, 0.15) is 35.8 Å². The quantitative estimate of drug-likeness (QED) is 0.242. The van der Waals surface area contributed by atoms with Crippen molar-refractivity contribution >= 4 is 34.6 Å². The number of benzene rings is 1. The molecule has 188 valence electrons. The third-order valence-electron chi connectivity index (χ3n) is 6.01. The van der Waals surface area contributed by atoms with Gasteiger partial charge in [-0.25, -0.2) is 14.8 Å². The van der Waals surface area contributed by atoms with Crippen LogP contribution in [0.5, 0.6) is 0 Å². The average Bonchev–Trinajstić information content (AvgIpc) is 3.59. The number of aliphatic hydroxyl groups excluding tert-OH is 2. The van der Waals surface area contributed by atoms with Crippen LogP contribution in [0, 0.1) is 0 Å². The minimum Gasteiger partial charge on any atom is -0.479 e. The third-order valence-corrected chi connectivity index (χ3v) is 6.18. The summed E-state index contributed by atoms with van der Waals surface area (Å²) in [7, 11) is 0. The van der Waals surface area contributed by atoms with Crippen molar-refractivity contribution in [3.8, 4) is 0 Å². The highest BCUT2D eigenvalue weighted by Crippen LogP contribution is 2.35. The number of ether oxygens (including phenoxy) is 2. The minimum absolute atomic E-state index is 0.0332. The number of aliphatic hydroxyl groups is 2. The van der Waals surface area contributed by atoms with Crippen LogP contribution in [-0.2, 0) is 26.3 Å². The van der Waals surface area contributed by atoms with Crippen LogP contribution in [0.25, 0.3) is 11.2 Å². The van der Waals surface area contributed by atoms with Gasteiger partial charge in [0.25, 0.3) is 0 Å². The smallest absolute Gasteiger partial charge is 0.342 e. The first-order chi connectivity index (χ1) is 17.3. The van der Waals surface area contributed by atoms with E-state index in [1.807, 2.05) is 0 Å². The molecular weight excluding hydrogens is 496 g/mol. The van der Waals surface area contributed by atoms with Gasteiger partial charge in [-0.1, -0.05) is 30.3 Å². The molecule has 0 bridgehead atoms. The Hall–Kier alpha value is -3.62. The molecule has 5 rings (SSSR count). The summed E-state index contributed by atoms with van der Waals surface area (Å²) in [5, 5.41) is 31.5. The highest BCUT2D eigenvalue weighted by atomic mass is 35.5. The molecule has 1 saturated heterocycles. The number of nitrogens with two attached hydrogens (primary N) is 1. The minimum atomic E-state index is -1.95. The van der Waals surface area contributed by atoms with Gasteiger partial charge in [0.15, 0.2) is 24.1 Å². The van der Waals surface area contributed by atoms with Gasteiger partial charge in [-0.3, -0.25) is 4.57 Å². The lowest BCUT2D eigenvalue weighted by atomic mass is 9.91. The van der Waals surface area contributed by atoms with Crippen LogP contribution < -0.4 is 5.73 Å². The first-order valence-electron chi connectivity index (χ1n) is 10.8. The summed E-state index contributed by atoms with van der Waals surface area (Å²) in [5.74, 6) is -1.27. The third kappa shape index (κ3) is 4.16. The van der Waals surface area contributed by atoms with Crippen LogP contribution in [0.3, 0.4) is 0 Å². The van der Waals surface area contributed by atoms with Crippen LogP contribution in [0.1, 0.15) is 17.5 Å². The van der Waals surface area contributed by atoms with Gasteiger partial charge >= 0.3 is 5.97 Å². The molecule has 0 unspecified atom stereocenters. The molecule has 1 fully saturated rings. The Morgan fingerprint density at radius 2 is 1.97 bits per heavy atom. The molecule has 1 aliphatic rings. The van der Waals surface area contributed by atoms with E-state index in [4.69, 9.17) is 31.2 Å². The van der Waals surface area contributed by atoms with Crippen molar-refractivity contribution in [1.29, 1.82) is 0 Å². The van der Waals surface area contributed by atoms with E-state index in [-0.39, 0.29) is 34.4 Å². The van der Waals surface area contributed by atoms with Crippen molar-refractivity contribution in [2.24, 2.45) is 0 Å². The van der Waals surface area contributed by atoms with Crippen LogP contribution in [-0.4, -0.2) is 70.7 Å². The van der Waals surface area contributed by atoms with Crippen molar-refractivity contribution in [3.63, 3.8) is 0 Å². The summed E-state index contributed by atoms with van der Waals surface area (Å²) in [5.41, 5.74) is 5.03. The molecule has 5 atom stereocenters. The molecule has 5 N–H and O–H groups in total. The summed E-state index contributed by atoms with van der Waals surface area (Å²) < 4.78 is 18.2. The number of nitrogen functional groups attached to an aromatic ring is 1. The number of hydrogen-bond acceptors (Lipinski definition) is 11. The lowest BCUT2D eigenvalue weighted by molar-refractivity contribution is -0.177. The Morgan fingerprint density at radius 3 is 2.67 bits per heavy atom. The van der Waals surface area contributed by atoms with E-state index in [1.54, 1.807) is 30.3 Å². The zero-order chi connectivity index (χ0) is 25.4. The van der Waals surface area contributed by atoms with Gasteiger partial charge in [-0.05, 0) is 17.2 Å². The summed E-state index contributed by atoms with van der Waals surface area (Å²) in [6.07, 6.45) is -1.57. The number of carbonyl (C=O) groups is 1. The van der Waals surface area contributed by atoms with E-state index < -0.39 is 42.7 Å². The van der Waals surface area contributed by atoms with Crippen molar-refractivity contribution in [3.05, 3.63) is 65.9 Å². The fourth-order valence-electron chi connectivity index (χ4n) is 4.18. The number of imidazole rings is 1. The Morgan fingerprint density at radius 1 is 1.19 bits per heavy atom. The van der Waals surface area contributed by atoms with E-state index in [0.29, 0.717) is 5.56 Å². The number of aliphatic carboxylic acids is 1. The van der Waals surface area contributed by atoms with Gasteiger partial charge in [0, 0.05) is 6.42 Å². The van der Waals surface area contributed by atoms with E-state index in [1.165, 1.54) is 17.2 Å². The fraction of sp³-hybridized carbons (Fsp3) is 0.318. The lowest BCUT2D eigenvalue weighted by Gasteiger charge is -2.29. The second kappa shape index (κ2) is 9.44. The zero-order valence-electron chi connectivity index (χ0n) is 18.5. The number of nitrogens with zero attached hydrogens (tertiary/aromatic N) is 5. The van der Waals surface area contributed by atoms with Crippen LogP contribution in [0.4, 0.5) is 5.82 Å². The molecule has 1 aliphatic heterocycles. The molecule has 0 aliphatic carbocycles. The standard InChI is InChI=1S/C22H21ClN6O7/c23-21-27-17(24)14-18(28-21)29(9-25-14)19-16(31)15(30)12(36-19)7-35-22(20(32)33,13-8-34-10-26-13)6-11-4-2-1-3-5-11/h1-5,8-10,12,15-16,19,30-31H,6-7H2,(H,32,33)(H2,24,27,28)/t12-,15-,16-,19-,22-/m1/s1. The molecule has 3 aromatic heterocycles. The lowest BCUT2D eigenvalue weighted by Crippen LogP contribution is -2.44. The summed E-state index contributed by atoms with van der Waals surface area (Å²) in [6, 6.07) is 8.86. The van der Waals surface area contributed by atoms with Crippen molar-refractivity contribution in [2.75, 3.05) is 12.3 Å². The van der Waals surface area contributed by atoms with Gasteiger partial charge < -0.3 is 34.9 Å². The number of aromatic nitrogens is 5. The van der Waals surface area contributed by atoms with Gasteiger partial charge in [0.2, 0.25) is 10.9 Å². The van der Waals surface area contributed by atoms with Gasteiger partial charge in [-0.2, -0.15) is 9.97 Å². The average molecular weight is 517 g/mol. The first kappa shape index (κ1) is 24.1. The normalized spacial score (nSPS) is 23.6. The Bertz CT molecular complexity index is 1370. The highest BCUT2D eigenvalue weighted by Gasteiger charge is 2.49. The van der Waals surface area contributed by atoms with Gasteiger partial charge in [0.05, 0.1) is 12.9 Å². The largest absolute Gasteiger partial charge is 0.479 e. The maximum atomic E-state index is 12.5. The Balaban J connectivity index is 1.42.